The van der Waals surface area contributed by atoms with E-state index in [1.54, 1.807) is 13.8 Å². The van der Waals surface area contributed by atoms with E-state index in [9.17, 15) is 9.90 Å². The second-order valence-corrected chi connectivity index (χ2v) is 4.49. The van der Waals surface area contributed by atoms with Gasteiger partial charge in [-0.15, -0.1) is 5.10 Å². The Balaban J connectivity index is 2.61. The van der Waals surface area contributed by atoms with Gasteiger partial charge in [0.2, 0.25) is 0 Å². The fraction of sp³-hybridized carbons (Fsp3) is 0.267. The molecule has 1 aromatic heterocycles. The SMILES string of the molecule is CCN(c1ccccc1)c1nnc(C)c(C)c1C(=O)O. The molecule has 20 heavy (non-hydrogen) atoms. The highest BCUT2D eigenvalue weighted by Crippen LogP contribution is 2.28. The number of aromatic nitrogens is 2. The van der Waals surface area contributed by atoms with Crippen molar-refractivity contribution in [2.75, 3.05) is 11.4 Å². The molecule has 0 fully saturated rings. The molecular weight excluding hydrogens is 254 g/mol. The van der Waals surface area contributed by atoms with E-state index in [1.165, 1.54) is 0 Å². The van der Waals surface area contributed by atoms with Crippen molar-refractivity contribution in [3.05, 3.63) is 47.2 Å². The van der Waals surface area contributed by atoms with Gasteiger partial charge >= 0.3 is 5.97 Å². The highest BCUT2D eigenvalue weighted by atomic mass is 16.4. The number of carboxylic acids is 1. The summed E-state index contributed by atoms with van der Waals surface area (Å²) in [6.45, 7) is 6.09. The lowest BCUT2D eigenvalue weighted by Gasteiger charge is -2.24. The fourth-order valence-corrected chi connectivity index (χ4v) is 2.10. The maximum Gasteiger partial charge on any atom is 0.339 e. The van der Waals surface area contributed by atoms with Crippen molar-refractivity contribution in [3.63, 3.8) is 0 Å². The van der Waals surface area contributed by atoms with Crippen LogP contribution in [-0.4, -0.2) is 27.8 Å². The van der Waals surface area contributed by atoms with Gasteiger partial charge in [-0.05, 0) is 38.5 Å². The van der Waals surface area contributed by atoms with Crippen LogP contribution in [0.1, 0.15) is 28.5 Å². The summed E-state index contributed by atoms with van der Waals surface area (Å²) in [7, 11) is 0. The minimum absolute atomic E-state index is 0.211. The molecule has 0 amide bonds. The first-order valence-electron chi connectivity index (χ1n) is 6.46. The highest BCUT2D eigenvalue weighted by molar-refractivity contribution is 5.96. The van der Waals surface area contributed by atoms with E-state index < -0.39 is 5.97 Å². The first-order valence-corrected chi connectivity index (χ1v) is 6.46. The number of hydrogen-bond acceptors (Lipinski definition) is 4. The zero-order valence-electron chi connectivity index (χ0n) is 11.8. The molecule has 0 bridgehead atoms. The quantitative estimate of drug-likeness (QED) is 0.926. The molecule has 2 aromatic rings. The number of carbonyl (C=O) groups is 1. The van der Waals surface area contributed by atoms with Gasteiger partial charge in [-0.2, -0.15) is 5.10 Å². The lowest BCUT2D eigenvalue weighted by molar-refractivity contribution is 0.0696. The lowest BCUT2D eigenvalue weighted by Crippen LogP contribution is -2.22. The number of anilines is 2. The molecule has 0 radical (unpaired) electrons. The molecular formula is C15H17N3O2. The van der Waals surface area contributed by atoms with Gasteiger partial charge in [-0.25, -0.2) is 4.79 Å². The molecule has 0 aliphatic rings. The van der Waals surface area contributed by atoms with E-state index in [1.807, 2.05) is 42.2 Å². The molecule has 5 nitrogen and oxygen atoms in total. The maximum absolute atomic E-state index is 11.6. The van der Waals surface area contributed by atoms with Crippen LogP contribution in [0.3, 0.4) is 0 Å². The highest BCUT2D eigenvalue weighted by Gasteiger charge is 2.22. The van der Waals surface area contributed by atoms with E-state index >= 15 is 0 Å². The number of rotatable bonds is 4. The molecule has 0 spiro atoms. The second kappa shape index (κ2) is 5.69. The normalized spacial score (nSPS) is 10.3. The minimum Gasteiger partial charge on any atom is -0.478 e. The summed E-state index contributed by atoms with van der Waals surface area (Å²) >= 11 is 0. The number of benzene rings is 1. The summed E-state index contributed by atoms with van der Waals surface area (Å²) in [6.07, 6.45) is 0. The summed E-state index contributed by atoms with van der Waals surface area (Å²) < 4.78 is 0. The minimum atomic E-state index is -0.982. The number of nitrogens with zero attached hydrogens (tertiary/aromatic N) is 3. The molecule has 1 aromatic carbocycles. The Morgan fingerprint density at radius 1 is 1.20 bits per heavy atom. The van der Waals surface area contributed by atoms with E-state index in [-0.39, 0.29) is 5.56 Å². The van der Waals surface area contributed by atoms with Crippen LogP contribution in [0, 0.1) is 13.8 Å². The Morgan fingerprint density at radius 3 is 2.40 bits per heavy atom. The number of hydrogen-bond donors (Lipinski definition) is 1. The third-order valence-electron chi connectivity index (χ3n) is 3.29. The number of para-hydroxylation sites is 1. The van der Waals surface area contributed by atoms with Gasteiger partial charge in [0, 0.05) is 12.2 Å². The van der Waals surface area contributed by atoms with Crippen molar-refractivity contribution in [2.45, 2.75) is 20.8 Å². The van der Waals surface area contributed by atoms with Crippen molar-refractivity contribution in [2.24, 2.45) is 0 Å². The molecule has 1 heterocycles. The Labute approximate surface area is 117 Å². The van der Waals surface area contributed by atoms with Gasteiger partial charge in [-0.1, -0.05) is 18.2 Å². The van der Waals surface area contributed by atoms with Crippen LogP contribution in [0.15, 0.2) is 30.3 Å². The molecule has 0 saturated heterocycles. The lowest BCUT2D eigenvalue weighted by atomic mass is 10.1. The van der Waals surface area contributed by atoms with Gasteiger partial charge in [0.05, 0.1) is 5.69 Å². The molecule has 1 N–H and O–H groups in total. The molecule has 0 aliphatic carbocycles. The van der Waals surface area contributed by atoms with E-state index in [0.29, 0.717) is 23.6 Å². The van der Waals surface area contributed by atoms with Gasteiger partial charge in [0.1, 0.15) is 5.56 Å². The van der Waals surface area contributed by atoms with Crippen LogP contribution in [0.25, 0.3) is 0 Å². The molecule has 0 unspecified atom stereocenters. The zero-order valence-corrected chi connectivity index (χ0v) is 11.8. The standard InChI is InChI=1S/C15H17N3O2/c1-4-18(12-8-6-5-7-9-12)14-13(15(19)20)10(2)11(3)16-17-14/h5-9H,4H2,1-3H3,(H,19,20). The van der Waals surface area contributed by atoms with Crippen LogP contribution >= 0.6 is 0 Å². The first-order chi connectivity index (χ1) is 9.56. The largest absolute Gasteiger partial charge is 0.478 e. The number of aryl methyl sites for hydroxylation is 1. The number of carboxylic acid groups (broad SMARTS) is 1. The summed E-state index contributed by atoms with van der Waals surface area (Å²) in [5.41, 5.74) is 2.39. The summed E-state index contributed by atoms with van der Waals surface area (Å²) in [5.74, 6) is -0.598. The Morgan fingerprint density at radius 2 is 1.85 bits per heavy atom. The third kappa shape index (κ3) is 2.47. The van der Waals surface area contributed by atoms with E-state index in [4.69, 9.17) is 0 Å². The average molecular weight is 271 g/mol. The zero-order chi connectivity index (χ0) is 14.7. The van der Waals surface area contributed by atoms with Gasteiger partial charge in [0.15, 0.2) is 5.82 Å². The molecule has 104 valence electrons. The van der Waals surface area contributed by atoms with Gasteiger partial charge in [0.25, 0.3) is 0 Å². The van der Waals surface area contributed by atoms with Crippen molar-refractivity contribution < 1.29 is 9.90 Å². The maximum atomic E-state index is 11.6. The molecule has 0 aliphatic heterocycles. The van der Waals surface area contributed by atoms with Crippen molar-refractivity contribution in [1.82, 2.24) is 10.2 Å². The van der Waals surface area contributed by atoms with Crippen molar-refractivity contribution in [3.8, 4) is 0 Å². The van der Waals surface area contributed by atoms with E-state index in [0.717, 1.165) is 5.69 Å². The summed E-state index contributed by atoms with van der Waals surface area (Å²) in [5, 5.41) is 17.6. The average Bonchev–Trinajstić information content (AvgIpc) is 2.44. The molecule has 5 heteroatoms. The van der Waals surface area contributed by atoms with Crippen molar-refractivity contribution >= 4 is 17.5 Å². The molecule has 2 rings (SSSR count). The summed E-state index contributed by atoms with van der Waals surface area (Å²) in [6, 6.07) is 9.58. The van der Waals surface area contributed by atoms with Crippen LogP contribution in [0.2, 0.25) is 0 Å². The Bertz CT molecular complexity index is 627. The second-order valence-electron chi connectivity index (χ2n) is 4.49. The van der Waals surface area contributed by atoms with Crippen molar-refractivity contribution in [1.29, 1.82) is 0 Å². The Kier molecular flexibility index (Phi) is 3.98. The van der Waals surface area contributed by atoms with Crippen LogP contribution < -0.4 is 4.90 Å². The molecule has 0 saturated carbocycles. The van der Waals surface area contributed by atoms with Crippen LogP contribution in [0.5, 0.6) is 0 Å². The summed E-state index contributed by atoms with van der Waals surface area (Å²) in [4.78, 5) is 13.4. The van der Waals surface area contributed by atoms with Gasteiger partial charge in [-0.3, -0.25) is 0 Å². The van der Waals surface area contributed by atoms with Gasteiger partial charge < -0.3 is 10.0 Å². The predicted octanol–water partition coefficient (Wildman–Crippen LogP) is 2.95. The topological polar surface area (TPSA) is 66.3 Å². The molecule has 0 atom stereocenters. The Hall–Kier alpha value is -2.43. The number of aromatic carboxylic acids is 1. The van der Waals surface area contributed by atoms with E-state index in [2.05, 4.69) is 10.2 Å². The monoisotopic (exact) mass is 271 g/mol. The van der Waals surface area contributed by atoms with Crippen LogP contribution in [-0.2, 0) is 0 Å². The fourth-order valence-electron chi connectivity index (χ4n) is 2.10. The third-order valence-corrected chi connectivity index (χ3v) is 3.29. The first kappa shape index (κ1) is 14.0. The predicted molar refractivity (Wildman–Crippen MR) is 77.6 cm³/mol. The van der Waals surface area contributed by atoms with Crippen LogP contribution in [0.4, 0.5) is 11.5 Å². The smallest absolute Gasteiger partial charge is 0.339 e.